The molecule has 2 aromatic heterocycles. The van der Waals surface area contributed by atoms with Crippen molar-refractivity contribution in [3.05, 3.63) is 65.4 Å². The third-order valence-electron chi connectivity index (χ3n) is 5.97. The van der Waals surface area contributed by atoms with Crippen molar-refractivity contribution in [1.29, 1.82) is 0 Å². The van der Waals surface area contributed by atoms with Gasteiger partial charge in [-0.15, -0.1) is 0 Å². The first kappa shape index (κ1) is 21.0. The molecule has 1 unspecified atom stereocenters. The van der Waals surface area contributed by atoms with E-state index in [1.807, 2.05) is 48.4 Å². The van der Waals surface area contributed by atoms with Gasteiger partial charge in [-0.05, 0) is 36.6 Å². The lowest BCUT2D eigenvalue weighted by molar-refractivity contribution is 0.102. The van der Waals surface area contributed by atoms with Crippen molar-refractivity contribution < 1.29 is 4.79 Å². The number of aromatic nitrogens is 4. The first-order chi connectivity index (χ1) is 14.7. The van der Waals surface area contributed by atoms with E-state index in [2.05, 4.69) is 53.0 Å². The van der Waals surface area contributed by atoms with Gasteiger partial charge in [0.05, 0.1) is 18.1 Å². The Morgan fingerprint density at radius 3 is 2.58 bits per heavy atom. The molecule has 3 heterocycles. The third kappa shape index (κ3) is 4.45. The number of carbonyl (C=O) groups is 1. The van der Waals surface area contributed by atoms with Crippen molar-refractivity contribution in [3.63, 3.8) is 0 Å². The number of carbonyl (C=O) groups excluding carboxylic acids is 1. The number of hydrogen-bond acceptors (Lipinski definition) is 5. The van der Waals surface area contributed by atoms with Gasteiger partial charge in [0.2, 0.25) is 0 Å². The van der Waals surface area contributed by atoms with Crippen molar-refractivity contribution in [1.82, 2.24) is 19.7 Å². The van der Waals surface area contributed by atoms with Crippen molar-refractivity contribution in [2.45, 2.75) is 45.4 Å². The predicted octanol–water partition coefficient (Wildman–Crippen LogP) is 4.06. The Bertz CT molecular complexity index is 1080. The minimum atomic E-state index is -0.133. The van der Waals surface area contributed by atoms with Gasteiger partial charge in [-0.3, -0.25) is 9.48 Å². The van der Waals surface area contributed by atoms with Crippen LogP contribution in [0.15, 0.2) is 43.0 Å². The number of anilines is 2. The fourth-order valence-electron chi connectivity index (χ4n) is 4.34. The molecule has 31 heavy (non-hydrogen) atoms. The summed E-state index contributed by atoms with van der Waals surface area (Å²) in [7, 11) is 1.91. The molecule has 0 radical (unpaired) electrons. The fraction of sp³-hybridized carbons (Fsp3) is 0.417. The maximum atomic E-state index is 13.0. The molecule has 1 amide bonds. The van der Waals surface area contributed by atoms with E-state index in [4.69, 9.17) is 0 Å². The Hall–Kier alpha value is -3.22. The molecule has 1 N–H and O–H groups in total. The lowest BCUT2D eigenvalue weighted by atomic mass is 9.92. The summed E-state index contributed by atoms with van der Waals surface area (Å²) < 4.78 is 1.83. The highest BCUT2D eigenvalue weighted by molar-refractivity contribution is 6.04. The normalized spacial score (nSPS) is 16.5. The standard InChI is InChI=1S/C24H30N6O/c1-16-6-7-17(23(31)27-22-11-21(24(2,3)4)29(5)28-22)10-20(16)18-8-9-30(14-18)19-12-25-15-26-13-19/h6-7,10-13,15,18H,8-9,14H2,1-5H3,(H,27,28,31). The molecule has 1 atom stereocenters. The molecule has 0 bridgehead atoms. The van der Waals surface area contributed by atoms with E-state index in [1.54, 1.807) is 6.33 Å². The van der Waals surface area contributed by atoms with E-state index in [0.717, 1.165) is 30.9 Å². The fourth-order valence-corrected chi connectivity index (χ4v) is 4.34. The molecule has 162 valence electrons. The third-order valence-corrected chi connectivity index (χ3v) is 5.97. The molecule has 7 heteroatoms. The molecule has 0 aliphatic carbocycles. The quantitative estimate of drug-likeness (QED) is 0.691. The summed E-state index contributed by atoms with van der Waals surface area (Å²) in [5.74, 6) is 0.817. The van der Waals surface area contributed by atoms with Gasteiger partial charge in [-0.2, -0.15) is 5.10 Å². The van der Waals surface area contributed by atoms with Crippen LogP contribution in [0, 0.1) is 6.92 Å². The Balaban J connectivity index is 1.51. The van der Waals surface area contributed by atoms with Gasteiger partial charge in [0.1, 0.15) is 6.33 Å². The van der Waals surface area contributed by atoms with E-state index in [0.29, 0.717) is 17.3 Å². The summed E-state index contributed by atoms with van der Waals surface area (Å²) in [6, 6.07) is 7.91. The Kier molecular flexibility index (Phi) is 5.52. The largest absolute Gasteiger partial charge is 0.368 e. The number of nitrogens with one attached hydrogen (secondary N) is 1. The highest BCUT2D eigenvalue weighted by Gasteiger charge is 2.26. The van der Waals surface area contributed by atoms with Gasteiger partial charge in [0, 0.05) is 48.8 Å². The van der Waals surface area contributed by atoms with Gasteiger partial charge in [-0.25, -0.2) is 9.97 Å². The Morgan fingerprint density at radius 1 is 1.16 bits per heavy atom. The molecule has 0 spiro atoms. The zero-order valence-corrected chi connectivity index (χ0v) is 18.9. The minimum Gasteiger partial charge on any atom is -0.368 e. The monoisotopic (exact) mass is 418 g/mol. The molecule has 1 aliphatic rings. The predicted molar refractivity (Wildman–Crippen MR) is 123 cm³/mol. The van der Waals surface area contributed by atoms with Gasteiger partial charge in [0.25, 0.3) is 5.91 Å². The zero-order chi connectivity index (χ0) is 22.2. The number of nitrogens with zero attached hydrogens (tertiary/aromatic N) is 5. The summed E-state index contributed by atoms with van der Waals surface area (Å²) in [6.45, 7) is 10.4. The molecule has 7 nitrogen and oxygen atoms in total. The van der Waals surface area contributed by atoms with Crippen LogP contribution in [-0.4, -0.2) is 38.7 Å². The first-order valence-electron chi connectivity index (χ1n) is 10.7. The second kappa shape index (κ2) is 8.13. The van der Waals surface area contributed by atoms with Crippen LogP contribution in [0.4, 0.5) is 11.5 Å². The van der Waals surface area contributed by atoms with Crippen molar-refractivity contribution in [2.75, 3.05) is 23.3 Å². The zero-order valence-electron chi connectivity index (χ0n) is 18.9. The van der Waals surface area contributed by atoms with Crippen LogP contribution in [-0.2, 0) is 12.5 Å². The van der Waals surface area contributed by atoms with Gasteiger partial charge in [-0.1, -0.05) is 26.8 Å². The Morgan fingerprint density at radius 2 is 1.90 bits per heavy atom. The molecule has 1 fully saturated rings. The van der Waals surface area contributed by atoms with Crippen LogP contribution in [0.3, 0.4) is 0 Å². The molecule has 1 aromatic carbocycles. The summed E-state index contributed by atoms with van der Waals surface area (Å²) >= 11 is 0. The van der Waals surface area contributed by atoms with Crippen LogP contribution >= 0.6 is 0 Å². The maximum absolute atomic E-state index is 13.0. The minimum absolute atomic E-state index is 0.0418. The SMILES string of the molecule is Cc1ccc(C(=O)Nc2cc(C(C)(C)C)n(C)n2)cc1C1CCN(c2cncnc2)C1. The van der Waals surface area contributed by atoms with Crippen LogP contribution < -0.4 is 10.2 Å². The lowest BCUT2D eigenvalue weighted by Crippen LogP contribution is -2.20. The summed E-state index contributed by atoms with van der Waals surface area (Å²) in [5.41, 5.74) is 5.17. The summed E-state index contributed by atoms with van der Waals surface area (Å²) in [6.07, 6.45) is 6.29. The Labute approximate surface area is 183 Å². The van der Waals surface area contributed by atoms with Gasteiger partial charge < -0.3 is 10.2 Å². The van der Waals surface area contributed by atoms with Crippen LogP contribution in [0.25, 0.3) is 0 Å². The van der Waals surface area contributed by atoms with Gasteiger partial charge >= 0.3 is 0 Å². The molecular formula is C24H30N6O. The number of aryl methyl sites for hydroxylation is 2. The molecule has 1 saturated heterocycles. The van der Waals surface area contributed by atoms with Crippen LogP contribution in [0.2, 0.25) is 0 Å². The van der Waals surface area contributed by atoms with Crippen molar-refractivity contribution >= 4 is 17.4 Å². The van der Waals surface area contributed by atoms with E-state index >= 15 is 0 Å². The highest BCUT2D eigenvalue weighted by atomic mass is 16.1. The molecule has 1 aliphatic heterocycles. The average Bonchev–Trinajstić information content (AvgIpc) is 3.35. The van der Waals surface area contributed by atoms with Crippen LogP contribution in [0.5, 0.6) is 0 Å². The van der Waals surface area contributed by atoms with E-state index in [-0.39, 0.29) is 11.3 Å². The number of benzene rings is 1. The second-order valence-electron chi connectivity index (χ2n) is 9.34. The van der Waals surface area contributed by atoms with Crippen molar-refractivity contribution in [3.8, 4) is 0 Å². The lowest BCUT2D eigenvalue weighted by Gasteiger charge is -2.19. The average molecular weight is 419 g/mol. The molecule has 3 aromatic rings. The topological polar surface area (TPSA) is 75.9 Å². The maximum Gasteiger partial charge on any atom is 0.256 e. The van der Waals surface area contributed by atoms with E-state index in [1.165, 1.54) is 11.1 Å². The smallest absolute Gasteiger partial charge is 0.256 e. The number of rotatable bonds is 4. The second-order valence-corrected chi connectivity index (χ2v) is 9.34. The van der Waals surface area contributed by atoms with Gasteiger partial charge in [0.15, 0.2) is 5.82 Å². The molecular weight excluding hydrogens is 388 g/mol. The summed E-state index contributed by atoms with van der Waals surface area (Å²) in [4.78, 5) is 23.5. The molecule has 0 saturated carbocycles. The number of amides is 1. The first-order valence-corrected chi connectivity index (χ1v) is 10.7. The van der Waals surface area contributed by atoms with Crippen LogP contribution in [0.1, 0.15) is 60.3 Å². The van der Waals surface area contributed by atoms with Crippen molar-refractivity contribution in [2.24, 2.45) is 7.05 Å². The highest BCUT2D eigenvalue weighted by Crippen LogP contribution is 2.32. The number of hydrogen-bond donors (Lipinski definition) is 1. The summed E-state index contributed by atoms with van der Waals surface area (Å²) in [5, 5.41) is 7.44. The van der Waals surface area contributed by atoms with E-state index < -0.39 is 0 Å². The molecule has 4 rings (SSSR count). The van der Waals surface area contributed by atoms with E-state index in [9.17, 15) is 4.79 Å².